The zero-order valence-electron chi connectivity index (χ0n) is 43.1. The summed E-state index contributed by atoms with van der Waals surface area (Å²) in [6.45, 7) is 22.2. The Morgan fingerprint density at radius 1 is 0.486 bits per heavy atom. The smallest absolute Gasteiger partial charge is 0.135 e. The fourth-order valence-electron chi connectivity index (χ4n) is 9.92. The van der Waals surface area contributed by atoms with Gasteiger partial charge in [0.05, 0.1) is 0 Å². The summed E-state index contributed by atoms with van der Waals surface area (Å²) in [5, 5.41) is 2.14. The summed E-state index contributed by atoms with van der Waals surface area (Å²) < 4.78 is 39.4. The molecule has 0 amide bonds. The number of benzene rings is 8. The number of aromatic nitrogens is 2. The normalized spacial score (nSPS) is 12.9. The van der Waals surface area contributed by atoms with Gasteiger partial charge in [-0.1, -0.05) is 165 Å². The van der Waals surface area contributed by atoms with Gasteiger partial charge in [0, 0.05) is 78.5 Å². The first-order chi connectivity index (χ1) is 34.9. The molecule has 8 heteroatoms. The van der Waals surface area contributed by atoms with E-state index in [-0.39, 0.29) is 37.3 Å². The maximum Gasteiger partial charge on any atom is 0.135 e. The minimum atomic E-state index is -0.646. The molecular formula is C66H57F2N4OPt-3. The number of hydrogen-bond donors (Lipinski definition) is 0. The molecule has 1 aliphatic rings. The summed E-state index contributed by atoms with van der Waals surface area (Å²) in [5.74, 6) is 0.544. The molecule has 2 aromatic heterocycles. The average Bonchev–Trinajstić information content (AvgIpc) is 3.91. The maximum absolute atomic E-state index is 15.1. The fraction of sp³-hybridized carbons (Fsp3) is 0.182. The molecule has 3 heterocycles. The quantitative estimate of drug-likeness (QED) is 0.142. The van der Waals surface area contributed by atoms with Gasteiger partial charge in [-0.25, -0.2) is 13.8 Å². The molecule has 374 valence electrons. The van der Waals surface area contributed by atoms with Crippen molar-refractivity contribution in [2.75, 3.05) is 9.80 Å². The summed E-state index contributed by atoms with van der Waals surface area (Å²) in [4.78, 5) is 9.16. The van der Waals surface area contributed by atoms with Crippen LogP contribution in [0, 0.1) is 30.4 Å². The summed E-state index contributed by atoms with van der Waals surface area (Å²) >= 11 is 0. The van der Waals surface area contributed by atoms with E-state index in [0.717, 1.165) is 78.7 Å². The van der Waals surface area contributed by atoms with E-state index in [0.29, 0.717) is 22.6 Å². The molecule has 10 aromatic rings. The van der Waals surface area contributed by atoms with Crippen molar-refractivity contribution in [1.29, 1.82) is 0 Å². The number of anilines is 4. The minimum Gasteiger partial charge on any atom is -0.509 e. The van der Waals surface area contributed by atoms with Crippen molar-refractivity contribution in [3.63, 3.8) is 0 Å². The number of pyridine rings is 1. The van der Waals surface area contributed by atoms with E-state index < -0.39 is 11.6 Å². The van der Waals surface area contributed by atoms with Crippen molar-refractivity contribution in [1.82, 2.24) is 9.55 Å². The van der Waals surface area contributed by atoms with Crippen LogP contribution in [0.2, 0.25) is 0 Å². The topological polar surface area (TPSA) is 33.5 Å². The molecule has 5 nitrogen and oxygen atoms in total. The fourth-order valence-corrected chi connectivity index (χ4v) is 9.92. The van der Waals surface area contributed by atoms with Crippen LogP contribution in [0.25, 0.3) is 61.0 Å². The first kappa shape index (κ1) is 50.2. The van der Waals surface area contributed by atoms with Crippen molar-refractivity contribution < 1.29 is 34.6 Å². The van der Waals surface area contributed by atoms with Gasteiger partial charge in [-0.3, -0.25) is 0 Å². The van der Waals surface area contributed by atoms with Crippen LogP contribution in [0.4, 0.5) is 31.5 Å². The van der Waals surface area contributed by atoms with Gasteiger partial charge in [0.15, 0.2) is 0 Å². The molecule has 0 N–H and O–H groups in total. The summed E-state index contributed by atoms with van der Waals surface area (Å²) in [5.41, 5.74) is 13.4. The Labute approximate surface area is 448 Å². The number of ether oxygens (including phenoxy) is 1. The van der Waals surface area contributed by atoms with Crippen molar-refractivity contribution >= 4 is 44.6 Å². The van der Waals surface area contributed by atoms with Crippen molar-refractivity contribution in [3.05, 3.63) is 223 Å². The van der Waals surface area contributed by atoms with Gasteiger partial charge < -0.3 is 19.1 Å². The van der Waals surface area contributed by atoms with Crippen LogP contribution in [0.5, 0.6) is 11.5 Å². The van der Waals surface area contributed by atoms with E-state index in [1.54, 1.807) is 0 Å². The van der Waals surface area contributed by atoms with E-state index in [9.17, 15) is 0 Å². The SMILES string of the molecule is CC(C)(C)c1cc(-c2cc(Oc3[c-]c4c(cc3)c3ccccc3n4-c3cc(C(C)(C)C)ccn3)[c-]c(N3[CH-]N(c4c(-c5ccccc5)cccc4-c4cc(F)cc(F)c4)c4ccccc43)c2)cc(C(C)(C)C)c1.[Pt]. The Morgan fingerprint density at radius 3 is 1.77 bits per heavy atom. The molecule has 0 atom stereocenters. The van der Waals surface area contributed by atoms with Crippen molar-refractivity contribution in [2.45, 2.75) is 78.6 Å². The van der Waals surface area contributed by atoms with Crippen LogP contribution in [0.1, 0.15) is 79.0 Å². The molecule has 8 aromatic carbocycles. The molecule has 1 aliphatic heterocycles. The van der Waals surface area contributed by atoms with Gasteiger partial charge in [0.25, 0.3) is 0 Å². The predicted molar refractivity (Wildman–Crippen MR) is 297 cm³/mol. The molecule has 11 rings (SSSR count). The van der Waals surface area contributed by atoms with E-state index >= 15 is 8.78 Å². The van der Waals surface area contributed by atoms with Gasteiger partial charge in [-0.05, 0) is 97.5 Å². The number of halogens is 2. The second-order valence-electron chi connectivity index (χ2n) is 22.2. The molecule has 0 saturated heterocycles. The number of para-hydroxylation sites is 4. The van der Waals surface area contributed by atoms with Crippen LogP contribution in [0.3, 0.4) is 0 Å². The first-order valence-electron chi connectivity index (χ1n) is 24.9. The van der Waals surface area contributed by atoms with E-state index in [4.69, 9.17) is 9.72 Å². The van der Waals surface area contributed by atoms with Crippen LogP contribution in [-0.4, -0.2) is 9.55 Å². The van der Waals surface area contributed by atoms with Gasteiger partial charge in [0.2, 0.25) is 0 Å². The monoisotopic (exact) mass is 1150 g/mol. The minimum absolute atomic E-state index is 0. The molecular weight excluding hydrogens is 1100 g/mol. The van der Waals surface area contributed by atoms with Gasteiger partial charge in [-0.15, -0.1) is 53.6 Å². The Balaban J connectivity index is 0.00000626. The van der Waals surface area contributed by atoms with Crippen LogP contribution in [-0.2, 0) is 37.3 Å². The van der Waals surface area contributed by atoms with Crippen LogP contribution >= 0.6 is 0 Å². The first-order valence-corrected chi connectivity index (χ1v) is 24.9. The largest absolute Gasteiger partial charge is 0.509 e. The summed E-state index contributed by atoms with van der Waals surface area (Å²) in [6, 6.07) is 63.2. The molecule has 0 spiro atoms. The van der Waals surface area contributed by atoms with Gasteiger partial charge >= 0.3 is 0 Å². The third-order valence-electron chi connectivity index (χ3n) is 13.9. The van der Waals surface area contributed by atoms with Crippen LogP contribution < -0.4 is 14.5 Å². The Morgan fingerprint density at radius 2 is 1.09 bits per heavy atom. The Kier molecular flexibility index (Phi) is 13.0. The zero-order valence-corrected chi connectivity index (χ0v) is 45.4. The van der Waals surface area contributed by atoms with Crippen molar-refractivity contribution in [2.24, 2.45) is 0 Å². The van der Waals surface area contributed by atoms with Gasteiger partial charge in [0.1, 0.15) is 17.5 Å². The standard InChI is InChI=1S/C66H57F2N4O.Pt/c1-64(2,3)46-28-29-69-62(37-46)72-58-23-14-13-20-56(58)57-27-26-52(40-61(57)72)73-53-35-44(43-30-47(65(4,5)6)36-48(31-43)66(7,8)9)34-51(39-53)70-41-71(60-25-16-15-24-59(60)70)63-54(42-18-11-10-12-19-42)21-17-22-55(63)45-32-49(67)38-50(68)33-45;/h10-38,41H,1-9H3;/q-3;. The molecule has 0 unspecified atom stereocenters. The number of rotatable bonds is 8. The van der Waals surface area contributed by atoms with Crippen molar-refractivity contribution in [3.8, 4) is 50.7 Å². The van der Waals surface area contributed by atoms with Gasteiger partial charge in [-0.2, -0.15) is 6.07 Å². The van der Waals surface area contributed by atoms with Crippen LogP contribution in [0.15, 0.2) is 176 Å². The Hall–Kier alpha value is -7.34. The van der Waals surface area contributed by atoms with E-state index in [2.05, 4.69) is 192 Å². The second-order valence-corrected chi connectivity index (χ2v) is 22.2. The third-order valence-corrected chi connectivity index (χ3v) is 13.9. The maximum atomic E-state index is 15.1. The summed E-state index contributed by atoms with van der Waals surface area (Å²) in [6.07, 6.45) is 1.88. The molecule has 0 fully saturated rings. The number of hydrogen-bond acceptors (Lipinski definition) is 4. The van der Waals surface area contributed by atoms with E-state index in [1.807, 2.05) is 61.4 Å². The molecule has 0 bridgehead atoms. The zero-order chi connectivity index (χ0) is 51.0. The Bertz CT molecular complexity index is 3700. The number of fused-ring (bicyclic) bond motifs is 4. The van der Waals surface area contributed by atoms with E-state index in [1.165, 1.54) is 28.8 Å². The molecule has 0 radical (unpaired) electrons. The predicted octanol–water partition coefficient (Wildman–Crippen LogP) is 18.1. The second kappa shape index (κ2) is 19.2. The average molecular weight is 1160 g/mol. The third kappa shape index (κ3) is 9.55. The summed E-state index contributed by atoms with van der Waals surface area (Å²) in [7, 11) is 0. The number of nitrogens with zero attached hydrogens (tertiary/aromatic N) is 4. The molecule has 0 aliphatic carbocycles. The molecule has 74 heavy (non-hydrogen) atoms. The molecule has 0 saturated carbocycles.